The number of ether oxygens (including phenoxy) is 1. The summed E-state index contributed by atoms with van der Waals surface area (Å²) in [5, 5.41) is 2.80. The van der Waals surface area contributed by atoms with E-state index in [9.17, 15) is 9.59 Å². The zero-order chi connectivity index (χ0) is 15.9. The van der Waals surface area contributed by atoms with Crippen LogP contribution in [0.25, 0.3) is 0 Å². The molecule has 1 amide bonds. The van der Waals surface area contributed by atoms with Crippen LogP contribution in [0.3, 0.4) is 0 Å². The molecule has 0 aliphatic heterocycles. The summed E-state index contributed by atoms with van der Waals surface area (Å²) in [6.07, 6.45) is 0.740. The first-order chi connectivity index (χ1) is 10.6. The van der Waals surface area contributed by atoms with Crippen LogP contribution in [-0.4, -0.2) is 18.8 Å². The molecule has 0 saturated heterocycles. The number of benzene rings is 2. The summed E-state index contributed by atoms with van der Waals surface area (Å²) < 4.78 is 5.70. The molecular weight excluding hydrogens is 278 g/mol. The van der Waals surface area contributed by atoms with Crippen molar-refractivity contribution in [3.05, 3.63) is 59.7 Å². The van der Waals surface area contributed by atoms with Crippen molar-refractivity contribution in [1.29, 1.82) is 0 Å². The van der Waals surface area contributed by atoms with Gasteiger partial charge in [-0.2, -0.15) is 0 Å². The highest BCUT2D eigenvalue weighted by Gasteiger charge is 2.11. The molecule has 0 heterocycles. The van der Waals surface area contributed by atoms with Gasteiger partial charge in [0, 0.05) is 11.1 Å². The lowest BCUT2D eigenvalue weighted by molar-refractivity contribution is 0.102. The zero-order valence-corrected chi connectivity index (χ0v) is 12.7. The highest BCUT2D eigenvalue weighted by molar-refractivity contribution is 6.05. The Balaban J connectivity index is 2.23. The monoisotopic (exact) mass is 297 g/mol. The van der Waals surface area contributed by atoms with Gasteiger partial charge in [-0.15, -0.1) is 0 Å². The lowest BCUT2D eigenvalue weighted by Crippen LogP contribution is -2.14. The molecule has 22 heavy (non-hydrogen) atoms. The lowest BCUT2D eigenvalue weighted by atomic mass is 10.1. The topological polar surface area (TPSA) is 55.4 Å². The van der Waals surface area contributed by atoms with Crippen LogP contribution in [-0.2, 0) is 0 Å². The maximum absolute atomic E-state index is 12.2. The second-order valence-corrected chi connectivity index (χ2v) is 5.40. The van der Waals surface area contributed by atoms with Crippen LogP contribution in [0.4, 0.5) is 5.69 Å². The predicted molar refractivity (Wildman–Crippen MR) is 86.6 cm³/mol. The van der Waals surface area contributed by atoms with Gasteiger partial charge in [0.25, 0.3) is 5.91 Å². The Bertz CT molecular complexity index is 651. The van der Waals surface area contributed by atoms with Gasteiger partial charge in [0.2, 0.25) is 0 Å². The summed E-state index contributed by atoms with van der Waals surface area (Å²) in [6.45, 7) is 4.62. The van der Waals surface area contributed by atoms with Crippen LogP contribution in [0.2, 0.25) is 0 Å². The average Bonchev–Trinajstić information content (AvgIpc) is 2.54. The lowest BCUT2D eigenvalue weighted by Gasteiger charge is -2.14. The molecular formula is C18H19NO3. The van der Waals surface area contributed by atoms with Crippen LogP contribution in [0, 0.1) is 5.92 Å². The van der Waals surface area contributed by atoms with Gasteiger partial charge in [-0.05, 0) is 36.2 Å². The smallest absolute Gasteiger partial charge is 0.255 e. The van der Waals surface area contributed by atoms with E-state index in [1.807, 2.05) is 19.9 Å². The van der Waals surface area contributed by atoms with Gasteiger partial charge in [0.1, 0.15) is 12.0 Å². The fourth-order valence-electron chi connectivity index (χ4n) is 1.88. The van der Waals surface area contributed by atoms with Crippen molar-refractivity contribution in [1.82, 2.24) is 0 Å². The van der Waals surface area contributed by atoms with Crippen molar-refractivity contribution in [2.75, 3.05) is 11.9 Å². The maximum Gasteiger partial charge on any atom is 0.255 e. The predicted octanol–water partition coefficient (Wildman–Crippen LogP) is 3.79. The fraction of sp³-hybridized carbons (Fsp3) is 0.222. The first-order valence-corrected chi connectivity index (χ1v) is 7.18. The largest absolute Gasteiger partial charge is 0.491 e. The number of hydrogen-bond donors (Lipinski definition) is 1. The third-order valence-corrected chi connectivity index (χ3v) is 3.00. The Kier molecular flexibility index (Phi) is 5.31. The third-order valence-electron chi connectivity index (χ3n) is 3.00. The Morgan fingerprint density at radius 3 is 2.55 bits per heavy atom. The maximum atomic E-state index is 12.2. The molecule has 1 N–H and O–H groups in total. The van der Waals surface area contributed by atoms with E-state index in [2.05, 4.69) is 5.32 Å². The van der Waals surface area contributed by atoms with Crippen LogP contribution < -0.4 is 10.1 Å². The number of nitrogens with one attached hydrogen (secondary N) is 1. The number of carbonyl (C=O) groups is 2. The highest BCUT2D eigenvalue weighted by Crippen LogP contribution is 2.26. The van der Waals surface area contributed by atoms with E-state index < -0.39 is 0 Å². The van der Waals surface area contributed by atoms with Crippen molar-refractivity contribution < 1.29 is 14.3 Å². The first-order valence-electron chi connectivity index (χ1n) is 7.18. The van der Waals surface area contributed by atoms with Gasteiger partial charge in [-0.25, -0.2) is 0 Å². The number of rotatable bonds is 6. The highest BCUT2D eigenvalue weighted by atomic mass is 16.5. The van der Waals surface area contributed by atoms with Crippen LogP contribution in [0.15, 0.2) is 48.5 Å². The van der Waals surface area contributed by atoms with E-state index in [0.29, 0.717) is 35.1 Å². The van der Waals surface area contributed by atoms with E-state index in [4.69, 9.17) is 4.74 Å². The Labute approximate surface area is 130 Å². The standard InChI is InChI=1S/C18H19NO3/c1-13(2)12-22-17-9-8-14(11-20)10-16(17)19-18(21)15-6-4-3-5-7-15/h3-11,13H,12H2,1-2H3,(H,19,21). The molecule has 4 nitrogen and oxygen atoms in total. The van der Waals surface area contributed by atoms with E-state index in [1.54, 1.807) is 42.5 Å². The minimum atomic E-state index is -0.238. The summed E-state index contributed by atoms with van der Waals surface area (Å²) in [4.78, 5) is 23.2. The van der Waals surface area contributed by atoms with Crippen molar-refractivity contribution in [3.63, 3.8) is 0 Å². The SMILES string of the molecule is CC(C)COc1ccc(C=O)cc1NC(=O)c1ccccc1. The summed E-state index contributed by atoms with van der Waals surface area (Å²) >= 11 is 0. The van der Waals surface area contributed by atoms with E-state index in [0.717, 1.165) is 6.29 Å². The average molecular weight is 297 g/mol. The summed E-state index contributed by atoms with van der Waals surface area (Å²) in [7, 11) is 0. The number of anilines is 1. The van der Waals surface area contributed by atoms with Gasteiger partial charge in [-0.1, -0.05) is 32.0 Å². The van der Waals surface area contributed by atoms with E-state index >= 15 is 0 Å². The molecule has 0 aliphatic carbocycles. The normalized spacial score (nSPS) is 10.3. The Morgan fingerprint density at radius 1 is 1.18 bits per heavy atom. The van der Waals surface area contributed by atoms with Crippen molar-refractivity contribution >= 4 is 17.9 Å². The van der Waals surface area contributed by atoms with Gasteiger partial charge >= 0.3 is 0 Å². The molecule has 0 saturated carbocycles. The molecule has 2 rings (SSSR count). The summed E-state index contributed by atoms with van der Waals surface area (Å²) in [5.74, 6) is 0.685. The molecule has 2 aromatic rings. The molecule has 0 unspecified atom stereocenters. The van der Waals surface area contributed by atoms with Gasteiger partial charge in [0.05, 0.1) is 12.3 Å². The molecule has 0 spiro atoms. The first kappa shape index (κ1) is 15.8. The number of carbonyl (C=O) groups excluding carboxylic acids is 2. The van der Waals surface area contributed by atoms with Crippen molar-refractivity contribution in [3.8, 4) is 5.75 Å². The fourth-order valence-corrected chi connectivity index (χ4v) is 1.88. The minimum Gasteiger partial charge on any atom is -0.491 e. The van der Waals surface area contributed by atoms with Gasteiger partial charge < -0.3 is 10.1 Å². The molecule has 4 heteroatoms. The van der Waals surface area contributed by atoms with Crippen LogP contribution >= 0.6 is 0 Å². The van der Waals surface area contributed by atoms with E-state index in [1.165, 1.54) is 0 Å². The third kappa shape index (κ3) is 4.19. The van der Waals surface area contributed by atoms with Crippen molar-refractivity contribution in [2.24, 2.45) is 5.92 Å². The Morgan fingerprint density at radius 2 is 1.91 bits per heavy atom. The molecule has 0 aromatic heterocycles. The number of aldehydes is 1. The molecule has 114 valence electrons. The second-order valence-electron chi connectivity index (χ2n) is 5.40. The molecule has 0 radical (unpaired) electrons. The number of hydrogen-bond acceptors (Lipinski definition) is 3. The molecule has 2 aromatic carbocycles. The van der Waals surface area contributed by atoms with Gasteiger partial charge in [-0.3, -0.25) is 9.59 Å². The van der Waals surface area contributed by atoms with Crippen LogP contribution in [0.1, 0.15) is 34.6 Å². The molecule has 0 fully saturated rings. The summed E-state index contributed by atoms with van der Waals surface area (Å²) in [6, 6.07) is 13.9. The zero-order valence-electron chi connectivity index (χ0n) is 12.7. The second kappa shape index (κ2) is 7.41. The van der Waals surface area contributed by atoms with E-state index in [-0.39, 0.29) is 5.91 Å². The summed E-state index contributed by atoms with van der Waals surface area (Å²) in [5.41, 5.74) is 1.54. The molecule has 0 bridgehead atoms. The molecule has 0 atom stereocenters. The minimum absolute atomic E-state index is 0.238. The molecule has 0 aliphatic rings. The van der Waals surface area contributed by atoms with Crippen LogP contribution in [0.5, 0.6) is 5.75 Å². The number of amides is 1. The van der Waals surface area contributed by atoms with Gasteiger partial charge in [0.15, 0.2) is 0 Å². The quantitative estimate of drug-likeness (QED) is 0.825. The Hall–Kier alpha value is -2.62. The van der Waals surface area contributed by atoms with Crippen molar-refractivity contribution in [2.45, 2.75) is 13.8 Å².